The summed E-state index contributed by atoms with van der Waals surface area (Å²) in [7, 11) is 0. The molecule has 3 aromatic carbocycles. The number of phenols is 4. The van der Waals surface area contributed by atoms with Crippen LogP contribution in [0, 0.1) is 0 Å². The molecule has 352 valence electrons. The lowest BCUT2D eigenvalue weighted by Crippen LogP contribution is -2.65. The number of ether oxygens (including phenoxy) is 7. The van der Waals surface area contributed by atoms with Crippen molar-refractivity contribution in [3.63, 3.8) is 0 Å². The van der Waals surface area contributed by atoms with E-state index in [1.165, 1.54) is 49.4 Å². The second kappa shape index (κ2) is 19.4. The molecule has 7 rings (SSSR count). The summed E-state index contributed by atoms with van der Waals surface area (Å²) in [6.45, 7) is -0.266. The van der Waals surface area contributed by atoms with Gasteiger partial charge in [0.2, 0.25) is 23.8 Å². The van der Waals surface area contributed by atoms with Gasteiger partial charge >= 0.3 is 5.97 Å². The van der Waals surface area contributed by atoms with Gasteiger partial charge in [0.1, 0.15) is 95.9 Å². The summed E-state index contributed by atoms with van der Waals surface area (Å²) in [6, 6.07) is 10.8. The number of hydrogen-bond donors (Lipinski definition) is 13. The Bertz CT molecular complexity index is 2400. The average molecular weight is 919 g/mol. The van der Waals surface area contributed by atoms with Gasteiger partial charge in [0.05, 0.1) is 12.7 Å². The van der Waals surface area contributed by atoms with Gasteiger partial charge in [-0.3, -0.25) is 4.79 Å². The number of benzene rings is 3. The Morgan fingerprint density at radius 3 is 2.03 bits per heavy atom. The molecule has 1 aromatic heterocycles. The molecule has 4 aromatic rings. The minimum absolute atomic E-state index is 0.0590. The Kier molecular flexibility index (Phi) is 14.2. The summed E-state index contributed by atoms with van der Waals surface area (Å²) in [5.41, 5.74) is -1.10. The smallest absolute Gasteiger partial charge is 0.330 e. The third-order valence-electron chi connectivity index (χ3n) is 10.9. The van der Waals surface area contributed by atoms with Crippen molar-refractivity contribution < 1.29 is 109 Å². The molecule has 3 saturated heterocycles. The van der Waals surface area contributed by atoms with Crippen LogP contribution in [0.15, 0.2) is 69.9 Å². The zero-order valence-corrected chi connectivity index (χ0v) is 33.8. The number of aliphatic hydroxyl groups excluding tert-OH is 9. The molecule has 0 amide bonds. The van der Waals surface area contributed by atoms with Crippen molar-refractivity contribution in [2.75, 3.05) is 13.2 Å². The maximum Gasteiger partial charge on any atom is 0.330 e. The third kappa shape index (κ3) is 9.83. The molecule has 15 atom stereocenters. The zero-order valence-electron chi connectivity index (χ0n) is 33.8. The minimum atomic E-state index is -2.09. The number of phenolic OH excluding ortho intramolecular Hbond substituents is 4. The monoisotopic (exact) mass is 918 g/mol. The van der Waals surface area contributed by atoms with E-state index in [0.29, 0.717) is 5.56 Å². The topological polar surface area (TPSA) is 375 Å². The predicted octanol–water partition coefficient (Wildman–Crippen LogP) is -2.24. The van der Waals surface area contributed by atoms with Crippen LogP contribution < -0.4 is 14.9 Å². The fourth-order valence-corrected chi connectivity index (χ4v) is 7.24. The van der Waals surface area contributed by atoms with Gasteiger partial charge in [0.15, 0.2) is 29.7 Å². The molecule has 3 fully saturated rings. The van der Waals surface area contributed by atoms with Crippen molar-refractivity contribution in [1.29, 1.82) is 0 Å². The number of aromatic hydroxyl groups is 4. The summed E-state index contributed by atoms with van der Waals surface area (Å²) >= 11 is 0. The van der Waals surface area contributed by atoms with Crippen LogP contribution >= 0.6 is 0 Å². The molecular weight excluding hydrogens is 872 g/mol. The first kappa shape index (κ1) is 47.3. The number of rotatable bonds is 12. The number of carbonyl (C=O) groups is 1. The van der Waals surface area contributed by atoms with E-state index in [4.69, 9.17) is 37.6 Å². The Morgan fingerprint density at radius 2 is 1.34 bits per heavy atom. The quantitative estimate of drug-likeness (QED) is 0.0406. The van der Waals surface area contributed by atoms with Gasteiger partial charge in [0, 0.05) is 23.8 Å². The highest BCUT2D eigenvalue weighted by Gasteiger charge is 2.52. The van der Waals surface area contributed by atoms with Gasteiger partial charge in [-0.1, -0.05) is 6.07 Å². The fraction of sp³-hybridized carbons (Fsp3) is 0.429. The average Bonchev–Trinajstić information content (AvgIpc) is 3.27. The summed E-state index contributed by atoms with van der Waals surface area (Å²) in [5, 5.41) is 135. The van der Waals surface area contributed by atoms with Crippen LogP contribution in [0.1, 0.15) is 12.5 Å². The number of hydrogen-bond acceptors (Lipinski definition) is 23. The molecule has 3 aliphatic rings. The third-order valence-corrected chi connectivity index (χ3v) is 10.9. The number of carbonyl (C=O) groups excluding carboxylic acids is 1. The molecular formula is C42H46O23. The molecule has 23 nitrogen and oxygen atoms in total. The largest absolute Gasteiger partial charge is 0.508 e. The van der Waals surface area contributed by atoms with Gasteiger partial charge in [-0.2, -0.15) is 0 Å². The highest BCUT2D eigenvalue weighted by Crippen LogP contribution is 2.39. The Balaban J connectivity index is 1.18. The first-order valence-electron chi connectivity index (χ1n) is 19.9. The van der Waals surface area contributed by atoms with Gasteiger partial charge in [-0.25, -0.2) is 4.79 Å². The Labute approximate surface area is 365 Å². The van der Waals surface area contributed by atoms with Crippen molar-refractivity contribution >= 4 is 23.0 Å². The summed E-state index contributed by atoms with van der Waals surface area (Å²) in [5.74, 6) is -4.21. The molecule has 65 heavy (non-hydrogen) atoms. The van der Waals surface area contributed by atoms with Crippen LogP contribution in [0.25, 0.3) is 28.4 Å². The van der Waals surface area contributed by atoms with Crippen LogP contribution in [0.4, 0.5) is 0 Å². The van der Waals surface area contributed by atoms with E-state index in [1.54, 1.807) is 0 Å². The maximum atomic E-state index is 14.4. The van der Waals surface area contributed by atoms with E-state index in [9.17, 15) is 76.0 Å². The van der Waals surface area contributed by atoms with E-state index in [1.807, 2.05) is 0 Å². The second-order valence-corrected chi connectivity index (χ2v) is 15.4. The fourth-order valence-electron chi connectivity index (χ4n) is 7.24. The van der Waals surface area contributed by atoms with Crippen molar-refractivity contribution in [2.45, 2.75) is 99.0 Å². The van der Waals surface area contributed by atoms with Gasteiger partial charge in [-0.15, -0.1) is 0 Å². The van der Waals surface area contributed by atoms with Gasteiger partial charge < -0.3 is 104 Å². The second-order valence-electron chi connectivity index (χ2n) is 15.4. The van der Waals surface area contributed by atoms with Crippen LogP contribution in [0.3, 0.4) is 0 Å². The number of fused-ring (bicyclic) bond motifs is 1. The molecule has 0 radical (unpaired) electrons. The highest BCUT2D eigenvalue weighted by molar-refractivity contribution is 5.88. The maximum absolute atomic E-state index is 14.4. The van der Waals surface area contributed by atoms with E-state index in [2.05, 4.69) is 0 Å². The van der Waals surface area contributed by atoms with Crippen LogP contribution in [-0.2, 0) is 28.5 Å². The van der Waals surface area contributed by atoms with E-state index in [0.717, 1.165) is 24.3 Å². The molecule has 23 heteroatoms. The number of aliphatic hydroxyl groups is 9. The first-order valence-corrected chi connectivity index (χ1v) is 19.9. The molecule has 0 bridgehead atoms. The SMILES string of the molecule is C[C@@H]1O[C@@H](Oc2cc(O)c3c(=O)c(O[C@@H]4O[C@H](CO)[C@@H](O)[C@H](O)[C@H]4O[C@@H]4O[C@H](COC(=O)C=Cc5ccc(O)c(O)c5)[C@@H](O)[C@H](O)[C@H]4O)c(-c4ccc(O)cc4)oc3c2)[C@H](O)[C@H](O)[C@H]1O. The molecule has 0 saturated carbocycles. The molecule has 0 unspecified atom stereocenters. The Hall–Kier alpha value is -5.64. The summed E-state index contributed by atoms with van der Waals surface area (Å²) in [4.78, 5) is 26.9. The molecule has 4 heterocycles. The van der Waals surface area contributed by atoms with Crippen molar-refractivity contribution in [3.8, 4) is 45.8 Å². The highest BCUT2D eigenvalue weighted by atomic mass is 16.8. The van der Waals surface area contributed by atoms with E-state index < -0.39 is 151 Å². The molecule has 0 aliphatic carbocycles. The van der Waals surface area contributed by atoms with Gasteiger partial charge in [-0.05, 0) is 55.0 Å². The molecule has 3 aliphatic heterocycles. The first-order chi connectivity index (χ1) is 30.9. The standard InChI is InChI=1S/C42H46O23/c1-15-28(49)32(53)35(56)40(59-15)60-19-11-22(47)27-23(12-19)61-37(17-4-6-18(44)7-5-17)38(31(27)52)64-42-39(34(55)29(50)24(13-43)62-42)65-41-36(57)33(54)30(51)25(63-41)14-58-26(48)9-3-16-2-8-20(45)21(46)10-16/h2-12,15,24-25,28-30,32-36,39-47,49-51,53-57H,13-14H2,1H3/t15-,24+,25+,28-,29+,30+,32+,33-,34-,35+,36+,39+,40-,41-,42-/m0/s1. The van der Waals surface area contributed by atoms with E-state index in [-0.39, 0.29) is 22.6 Å². The number of esters is 1. The normalized spacial score (nSPS) is 32.9. The van der Waals surface area contributed by atoms with Crippen molar-refractivity contribution in [2.24, 2.45) is 0 Å². The van der Waals surface area contributed by atoms with E-state index >= 15 is 0 Å². The predicted molar refractivity (Wildman–Crippen MR) is 214 cm³/mol. The van der Waals surface area contributed by atoms with Crippen LogP contribution in [0.5, 0.6) is 34.5 Å². The molecule has 13 N–H and O–H groups in total. The summed E-state index contributed by atoms with van der Waals surface area (Å²) < 4.78 is 45.6. The van der Waals surface area contributed by atoms with Crippen molar-refractivity contribution in [3.05, 3.63) is 76.5 Å². The van der Waals surface area contributed by atoms with Crippen LogP contribution in [-0.4, -0.2) is 178 Å². The minimum Gasteiger partial charge on any atom is -0.508 e. The lowest BCUT2D eigenvalue weighted by Gasteiger charge is -2.45. The summed E-state index contributed by atoms with van der Waals surface area (Å²) in [6.07, 6.45) is -24.6. The lowest BCUT2D eigenvalue weighted by molar-refractivity contribution is -0.358. The Morgan fingerprint density at radius 1 is 0.677 bits per heavy atom. The van der Waals surface area contributed by atoms with Gasteiger partial charge in [0.25, 0.3) is 0 Å². The molecule has 0 spiro atoms. The zero-order chi connectivity index (χ0) is 47.0. The van der Waals surface area contributed by atoms with Crippen molar-refractivity contribution in [1.82, 2.24) is 0 Å². The lowest BCUT2D eigenvalue weighted by atomic mass is 9.97. The van der Waals surface area contributed by atoms with Crippen LogP contribution in [0.2, 0.25) is 0 Å².